The van der Waals surface area contributed by atoms with Crippen molar-refractivity contribution in [3.05, 3.63) is 65.9 Å². The highest BCUT2D eigenvalue weighted by Crippen LogP contribution is 2.50. The number of nitrogens with zero attached hydrogens (tertiary/aromatic N) is 7. The first kappa shape index (κ1) is 21.0. The Hall–Kier alpha value is -3.52. The van der Waals surface area contributed by atoms with E-state index in [1.54, 1.807) is 0 Å². The molecule has 2 aliphatic rings. The van der Waals surface area contributed by atoms with Crippen molar-refractivity contribution in [3.8, 4) is 11.3 Å². The van der Waals surface area contributed by atoms with Crippen molar-refractivity contribution >= 4 is 17.2 Å². The number of aromatic nitrogens is 5. The Morgan fingerprint density at radius 2 is 1.88 bits per heavy atom. The third-order valence-electron chi connectivity index (χ3n) is 7.68. The first-order chi connectivity index (χ1) is 16.5. The molecule has 4 aromatic rings. The Morgan fingerprint density at radius 1 is 1.06 bits per heavy atom. The number of hydrogen-bond acceptors (Lipinski definition) is 7. The Labute approximate surface area is 199 Å². The fraction of sp³-hybridized carbons (Fsp3) is 0.385. The maximum atomic E-state index is 6.75. The number of nitrogens with two attached hydrogens (primary N) is 1. The van der Waals surface area contributed by atoms with Crippen LogP contribution in [0.15, 0.2) is 48.9 Å². The number of hydrogen-bond donors (Lipinski definition) is 1. The molecule has 1 aliphatic carbocycles. The van der Waals surface area contributed by atoms with Gasteiger partial charge in [-0.05, 0) is 61.4 Å². The molecule has 0 amide bonds. The van der Waals surface area contributed by atoms with E-state index in [0.29, 0.717) is 0 Å². The summed E-state index contributed by atoms with van der Waals surface area (Å²) in [5, 5.41) is 4.66. The quantitative estimate of drug-likeness (QED) is 0.507. The average molecular weight is 455 g/mol. The van der Waals surface area contributed by atoms with Crippen LogP contribution in [0.5, 0.6) is 0 Å². The molecular weight excluding hydrogens is 424 g/mol. The van der Waals surface area contributed by atoms with Crippen LogP contribution in [0.2, 0.25) is 0 Å². The molecule has 34 heavy (non-hydrogen) atoms. The summed E-state index contributed by atoms with van der Waals surface area (Å²) < 4.78 is 2.01. The van der Waals surface area contributed by atoms with Crippen LogP contribution in [-0.4, -0.2) is 51.8 Å². The van der Waals surface area contributed by atoms with E-state index in [2.05, 4.69) is 45.1 Å². The van der Waals surface area contributed by atoms with E-state index in [1.165, 1.54) is 11.3 Å². The molecule has 1 atom stereocenters. The van der Waals surface area contributed by atoms with Gasteiger partial charge < -0.3 is 15.5 Å². The zero-order chi connectivity index (χ0) is 23.4. The van der Waals surface area contributed by atoms with Crippen molar-refractivity contribution in [1.29, 1.82) is 0 Å². The molecule has 0 bridgehead atoms. The predicted molar refractivity (Wildman–Crippen MR) is 134 cm³/mol. The first-order valence-electron chi connectivity index (χ1n) is 11.9. The molecule has 0 radical (unpaired) electrons. The lowest BCUT2D eigenvalue weighted by Gasteiger charge is -2.42. The normalized spacial score (nSPS) is 19.1. The number of anilines is 2. The van der Waals surface area contributed by atoms with E-state index in [4.69, 9.17) is 10.7 Å². The van der Waals surface area contributed by atoms with Gasteiger partial charge in [0.15, 0.2) is 5.82 Å². The molecule has 0 aromatic carbocycles. The van der Waals surface area contributed by atoms with E-state index in [0.717, 1.165) is 66.5 Å². The monoisotopic (exact) mass is 454 g/mol. The summed E-state index contributed by atoms with van der Waals surface area (Å²) in [4.78, 5) is 18.7. The molecule has 174 valence electrons. The van der Waals surface area contributed by atoms with E-state index < -0.39 is 0 Å². The zero-order valence-corrected chi connectivity index (χ0v) is 19.9. The molecule has 2 N–H and O–H groups in total. The summed E-state index contributed by atoms with van der Waals surface area (Å²) in [6, 6.07) is 10.4. The van der Waals surface area contributed by atoms with Crippen LogP contribution in [0, 0.1) is 12.3 Å². The van der Waals surface area contributed by atoms with Crippen LogP contribution in [0.4, 0.5) is 11.6 Å². The lowest BCUT2D eigenvalue weighted by Crippen LogP contribution is -2.44. The highest BCUT2D eigenvalue weighted by Gasteiger charge is 2.46. The summed E-state index contributed by atoms with van der Waals surface area (Å²) in [7, 11) is 3.98. The second-order valence-corrected chi connectivity index (χ2v) is 9.84. The largest absolute Gasteiger partial charge is 0.363 e. The fourth-order valence-electron chi connectivity index (χ4n) is 5.73. The minimum Gasteiger partial charge on any atom is -0.363 e. The lowest BCUT2D eigenvalue weighted by molar-refractivity contribution is 0.187. The van der Waals surface area contributed by atoms with Crippen molar-refractivity contribution in [3.63, 3.8) is 0 Å². The molecule has 1 saturated heterocycles. The van der Waals surface area contributed by atoms with Gasteiger partial charge in [0.2, 0.25) is 0 Å². The highest BCUT2D eigenvalue weighted by atomic mass is 15.3. The summed E-state index contributed by atoms with van der Waals surface area (Å²) in [5.41, 5.74) is 13.2. The fourth-order valence-corrected chi connectivity index (χ4v) is 5.73. The van der Waals surface area contributed by atoms with Crippen molar-refractivity contribution < 1.29 is 0 Å². The molecular formula is C26H30N8. The second kappa shape index (κ2) is 7.77. The number of aryl methyl sites for hydroxylation is 1. The highest BCUT2D eigenvalue weighted by molar-refractivity contribution is 5.75. The summed E-state index contributed by atoms with van der Waals surface area (Å²) in [6.45, 7) is 3.90. The van der Waals surface area contributed by atoms with Crippen molar-refractivity contribution in [2.24, 2.45) is 11.1 Å². The van der Waals surface area contributed by atoms with Crippen LogP contribution in [0.3, 0.4) is 0 Å². The molecule has 1 aliphatic heterocycles. The molecule has 1 spiro atoms. The van der Waals surface area contributed by atoms with Gasteiger partial charge in [0, 0.05) is 56.9 Å². The SMILES string of the molecule is Cc1nc(N2CCC3(CC2)Cc2ncccc2[C@H]3N)c2ccnn2c1-c1ccc(N(C)C)nc1. The maximum Gasteiger partial charge on any atom is 0.155 e. The second-order valence-electron chi connectivity index (χ2n) is 9.84. The smallest absolute Gasteiger partial charge is 0.155 e. The van der Waals surface area contributed by atoms with Gasteiger partial charge >= 0.3 is 0 Å². The number of rotatable bonds is 3. The van der Waals surface area contributed by atoms with E-state index >= 15 is 0 Å². The molecule has 0 saturated carbocycles. The molecule has 8 nitrogen and oxygen atoms in total. The van der Waals surface area contributed by atoms with Crippen LogP contribution in [-0.2, 0) is 6.42 Å². The number of pyridine rings is 2. The molecule has 8 heteroatoms. The minimum absolute atomic E-state index is 0.0584. The van der Waals surface area contributed by atoms with Crippen LogP contribution in [0.1, 0.15) is 35.8 Å². The van der Waals surface area contributed by atoms with Crippen LogP contribution >= 0.6 is 0 Å². The van der Waals surface area contributed by atoms with Gasteiger partial charge in [0.1, 0.15) is 11.3 Å². The first-order valence-corrected chi connectivity index (χ1v) is 11.9. The molecule has 0 unspecified atom stereocenters. The topological polar surface area (TPSA) is 88.5 Å². The Balaban J connectivity index is 1.30. The zero-order valence-electron chi connectivity index (χ0n) is 19.9. The third-order valence-corrected chi connectivity index (χ3v) is 7.68. The van der Waals surface area contributed by atoms with Gasteiger partial charge in [-0.1, -0.05) is 6.07 Å². The van der Waals surface area contributed by atoms with Crippen molar-refractivity contribution in [1.82, 2.24) is 24.6 Å². The van der Waals surface area contributed by atoms with Crippen molar-refractivity contribution in [2.75, 3.05) is 37.0 Å². The molecule has 1 fully saturated rings. The standard InChI is InChI=1S/C26H30N8/c1-17-23(18-6-7-22(29-16-18)32(2)3)34-21(8-12-30-34)25(31-17)33-13-9-26(10-14-33)15-20-19(24(26)27)5-4-11-28-20/h4-8,11-12,16,24H,9-10,13-15,27H2,1-3H3/t24-/m1/s1. The van der Waals surface area contributed by atoms with E-state index in [1.807, 2.05) is 54.2 Å². The van der Waals surface area contributed by atoms with Gasteiger partial charge in [0.05, 0.1) is 17.6 Å². The summed E-state index contributed by atoms with van der Waals surface area (Å²) in [5.74, 6) is 1.92. The van der Waals surface area contributed by atoms with Crippen molar-refractivity contribution in [2.45, 2.75) is 32.2 Å². The van der Waals surface area contributed by atoms with Gasteiger partial charge in [-0.25, -0.2) is 14.5 Å². The van der Waals surface area contributed by atoms with Crippen LogP contribution < -0.4 is 15.5 Å². The summed E-state index contributed by atoms with van der Waals surface area (Å²) >= 11 is 0. The van der Waals surface area contributed by atoms with Gasteiger partial charge in [-0.2, -0.15) is 5.10 Å². The Bertz CT molecular complexity index is 1350. The lowest BCUT2D eigenvalue weighted by atomic mass is 9.73. The number of fused-ring (bicyclic) bond motifs is 2. The predicted octanol–water partition coefficient (Wildman–Crippen LogP) is 3.40. The van der Waals surface area contributed by atoms with Gasteiger partial charge in [-0.3, -0.25) is 4.98 Å². The Kier molecular flexibility index (Phi) is 4.81. The van der Waals surface area contributed by atoms with Crippen LogP contribution in [0.25, 0.3) is 16.8 Å². The van der Waals surface area contributed by atoms with Gasteiger partial charge in [0.25, 0.3) is 0 Å². The van der Waals surface area contributed by atoms with Gasteiger partial charge in [-0.15, -0.1) is 0 Å². The third kappa shape index (κ3) is 3.16. The summed E-state index contributed by atoms with van der Waals surface area (Å²) in [6.07, 6.45) is 8.67. The van der Waals surface area contributed by atoms with E-state index in [9.17, 15) is 0 Å². The maximum absolute atomic E-state index is 6.75. The molecule has 6 rings (SSSR count). The number of piperidine rings is 1. The molecule has 4 aromatic heterocycles. The Morgan fingerprint density at radius 3 is 2.59 bits per heavy atom. The molecule has 5 heterocycles. The minimum atomic E-state index is 0.0584. The average Bonchev–Trinajstić information content (AvgIpc) is 3.43. The van der Waals surface area contributed by atoms with E-state index in [-0.39, 0.29) is 11.5 Å².